The molecule has 0 spiro atoms. The summed E-state index contributed by atoms with van der Waals surface area (Å²) >= 11 is 0. The SMILES string of the molecule is COc1ccc(CNS(=O)(=O)c2ccncc2)c(OC)c1. The molecule has 1 N–H and O–H groups in total. The number of hydrogen-bond donors (Lipinski definition) is 1. The monoisotopic (exact) mass is 308 g/mol. The predicted molar refractivity (Wildman–Crippen MR) is 77.8 cm³/mol. The van der Waals surface area contributed by atoms with Crippen LogP contribution in [0.3, 0.4) is 0 Å². The Hall–Kier alpha value is -2.12. The van der Waals surface area contributed by atoms with Crippen molar-refractivity contribution in [1.29, 1.82) is 0 Å². The van der Waals surface area contributed by atoms with Crippen molar-refractivity contribution in [2.45, 2.75) is 11.4 Å². The zero-order chi connectivity index (χ0) is 15.3. The van der Waals surface area contributed by atoms with Gasteiger partial charge in [-0.2, -0.15) is 0 Å². The van der Waals surface area contributed by atoms with E-state index in [2.05, 4.69) is 9.71 Å². The summed E-state index contributed by atoms with van der Waals surface area (Å²) in [4.78, 5) is 3.97. The van der Waals surface area contributed by atoms with Gasteiger partial charge >= 0.3 is 0 Å². The van der Waals surface area contributed by atoms with E-state index in [0.717, 1.165) is 5.56 Å². The third kappa shape index (κ3) is 3.71. The quantitative estimate of drug-likeness (QED) is 0.876. The van der Waals surface area contributed by atoms with Gasteiger partial charge in [-0.3, -0.25) is 4.98 Å². The van der Waals surface area contributed by atoms with E-state index < -0.39 is 10.0 Å². The van der Waals surface area contributed by atoms with Gasteiger partial charge in [0.2, 0.25) is 10.0 Å². The number of nitrogens with zero attached hydrogens (tertiary/aromatic N) is 1. The van der Waals surface area contributed by atoms with Gasteiger partial charge in [0.25, 0.3) is 0 Å². The molecule has 0 atom stereocenters. The van der Waals surface area contributed by atoms with Crippen molar-refractivity contribution in [1.82, 2.24) is 9.71 Å². The fourth-order valence-corrected chi connectivity index (χ4v) is 2.76. The molecule has 0 saturated heterocycles. The average molecular weight is 308 g/mol. The second-order valence-electron chi connectivity index (χ2n) is 4.19. The van der Waals surface area contributed by atoms with Crippen LogP contribution in [0.1, 0.15) is 5.56 Å². The van der Waals surface area contributed by atoms with Gasteiger partial charge in [0.15, 0.2) is 0 Å². The smallest absolute Gasteiger partial charge is 0.240 e. The zero-order valence-corrected chi connectivity index (χ0v) is 12.6. The highest BCUT2D eigenvalue weighted by atomic mass is 32.2. The summed E-state index contributed by atoms with van der Waals surface area (Å²) in [5.41, 5.74) is 0.718. The standard InChI is InChI=1S/C14H16N2O4S/c1-19-12-4-3-11(14(9-12)20-2)10-16-21(17,18)13-5-7-15-8-6-13/h3-9,16H,10H2,1-2H3. The molecule has 2 aromatic rings. The maximum Gasteiger partial charge on any atom is 0.240 e. The molecule has 0 aliphatic rings. The first-order chi connectivity index (χ1) is 10.1. The zero-order valence-electron chi connectivity index (χ0n) is 11.7. The lowest BCUT2D eigenvalue weighted by Crippen LogP contribution is -2.23. The van der Waals surface area contributed by atoms with E-state index in [1.54, 1.807) is 25.3 Å². The van der Waals surface area contributed by atoms with Crippen molar-refractivity contribution < 1.29 is 17.9 Å². The van der Waals surface area contributed by atoms with Crippen LogP contribution in [0, 0.1) is 0 Å². The van der Waals surface area contributed by atoms with Crippen LogP contribution in [-0.4, -0.2) is 27.6 Å². The lowest BCUT2D eigenvalue weighted by atomic mass is 10.2. The first-order valence-corrected chi connectivity index (χ1v) is 7.66. The van der Waals surface area contributed by atoms with Crippen LogP contribution >= 0.6 is 0 Å². The van der Waals surface area contributed by atoms with Gasteiger partial charge in [0.1, 0.15) is 11.5 Å². The predicted octanol–water partition coefficient (Wildman–Crippen LogP) is 1.58. The summed E-state index contributed by atoms with van der Waals surface area (Å²) in [6.07, 6.45) is 2.87. The molecule has 1 aromatic heterocycles. The summed E-state index contributed by atoms with van der Waals surface area (Å²) in [5.74, 6) is 1.21. The molecule has 0 saturated carbocycles. The van der Waals surface area contributed by atoms with Crippen molar-refractivity contribution >= 4 is 10.0 Å². The molecular weight excluding hydrogens is 292 g/mol. The Kier molecular flexibility index (Phi) is 4.77. The summed E-state index contributed by atoms with van der Waals surface area (Å²) in [5, 5.41) is 0. The van der Waals surface area contributed by atoms with Crippen molar-refractivity contribution in [2.75, 3.05) is 14.2 Å². The summed E-state index contributed by atoms with van der Waals surface area (Å²) < 4.78 is 37.1. The first-order valence-electron chi connectivity index (χ1n) is 6.17. The molecule has 0 aliphatic heterocycles. The fourth-order valence-electron chi connectivity index (χ4n) is 1.77. The highest BCUT2D eigenvalue weighted by molar-refractivity contribution is 7.89. The Morgan fingerprint density at radius 3 is 2.43 bits per heavy atom. The molecule has 0 fully saturated rings. The van der Waals surface area contributed by atoms with Crippen molar-refractivity contribution in [3.05, 3.63) is 48.3 Å². The maximum atomic E-state index is 12.1. The third-order valence-electron chi connectivity index (χ3n) is 2.91. The van der Waals surface area contributed by atoms with Gasteiger partial charge in [-0.25, -0.2) is 13.1 Å². The Morgan fingerprint density at radius 2 is 1.81 bits per heavy atom. The van der Waals surface area contributed by atoms with Crippen LogP contribution in [0.25, 0.3) is 0 Å². The molecule has 0 unspecified atom stereocenters. The van der Waals surface area contributed by atoms with Crippen molar-refractivity contribution in [2.24, 2.45) is 0 Å². The number of ether oxygens (including phenoxy) is 2. The molecule has 0 aliphatic carbocycles. The van der Waals surface area contributed by atoms with Gasteiger partial charge < -0.3 is 9.47 Å². The topological polar surface area (TPSA) is 77.5 Å². The van der Waals surface area contributed by atoms with E-state index in [0.29, 0.717) is 11.5 Å². The molecule has 0 amide bonds. The van der Waals surface area contributed by atoms with Crippen LogP contribution in [0.5, 0.6) is 11.5 Å². The van der Waals surface area contributed by atoms with Crippen LogP contribution in [0.15, 0.2) is 47.6 Å². The van der Waals surface area contributed by atoms with Crippen LogP contribution in [0.2, 0.25) is 0 Å². The average Bonchev–Trinajstić information content (AvgIpc) is 2.53. The number of methoxy groups -OCH3 is 2. The Labute approximate surface area is 123 Å². The van der Waals surface area contributed by atoms with Crippen molar-refractivity contribution in [3.8, 4) is 11.5 Å². The van der Waals surface area contributed by atoms with Gasteiger partial charge in [-0.05, 0) is 18.2 Å². The molecule has 1 aromatic carbocycles. The number of aromatic nitrogens is 1. The second kappa shape index (κ2) is 6.55. The van der Waals surface area contributed by atoms with E-state index in [9.17, 15) is 8.42 Å². The van der Waals surface area contributed by atoms with Crippen LogP contribution in [0.4, 0.5) is 0 Å². The minimum Gasteiger partial charge on any atom is -0.497 e. The van der Waals surface area contributed by atoms with Gasteiger partial charge in [0, 0.05) is 30.6 Å². The minimum absolute atomic E-state index is 0.123. The van der Waals surface area contributed by atoms with Crippen LogP contribution in [-0.2, 0) is 16.6 Å². The molecule has 1 heterocycles. The molecular formula is C14H16N2O4S. The summed E-state index contributed by atoms with van der Waals surface area (Å²) in [6.45, 7) is 0.123. The lowest BCUT2D eigenvalue weighted by molar-refractivity contribution is 0.390. The Bertz CT molecular complexity index is 702. The summed E-state index contributed by atoms with van der Waals surface area (Å²) in [7, 11) is -0.496. The molecule has 21 heavy (non-hydrogen) atoms. The first kappa shape index (κ1) is 15.3. The highest BCUT2D eigenvalue weighted by Gasteiger charge is 2.14. The molecule has 2 rings (SSSR count). The van der Waals surface area contributed by atoms with E-state index >= 15 is 0 Å². The largest absolute Gasteiger partial charge is 0.497 e. The van der Waals surface area contributed by atoms with Gasteiger partial charge in [0.05, 0.1) is 19.1 Å². The third-order valence-corrected chi connectivity index (χ3v) is 4.32. The number of hydrogen-bond acceptors (Lipinski definition) is 5. The number of rotatable bonds is 6. The molecule has 6 nitrogen and oxygen atoms in total. The van der Waals surface area contributed by atoms with E-state index in [1.807, 2.05) is 0 Å². The van der Waals surface area contributed by atoms with Gasteiger partial charge in [-0.1, -0.05) is 6.07 Å². The lowest BCUT2D eigenvalue weighted by Gasteiger charge is -2.11. The van der Waals surface area contributed by atoms with E-state index in [1.165, 1.54) is 31.6 Å². The van der Waals surface area contributed by atoms with Crippen molar-refractivity contribution in [3.63, 3.8) is 0 Å². The van der Waals surface area contributed by atoms with E-state index in [4.69, 9.17) is 9.47 Å². The molecule has 0 radical (unpaired) electrons. The number of sulfonamides is 1. The molecule has 0 bridgehead atoms. The Morgan fingerprint density at radius 1 is 1.10 bits per heavy atom. The summed E-state index contributed by atoms with van der Waals surface area (Å²) in [6, 6.07) is 8.09. The fraction of sp³-hybridized carbons (Fsp3) is 0.214. The Balaban J connectivity index is 2.16. The minimum atomic E-state index is -3.58. The second-order valence-corrected chi connectivity index (χ2v) is 5.95. The molecule has 112 valence electrons. The number of nitrogens with one attached hydrogen (secondary N) is 1. The normalized spacial score (nSPS) is 11.1. The number of benzene rings is 1. The molecule has 7 heteroatoms. The van der Waals surface area contributed by atoms with Crippen LogP contribution < -0.4 is 14.2 Å². The highest BCUT2D eigenvalue weighted by Crippen LogP contribution is 2.24. The van der Waals surface area contributed by atoms with E-state index in [-0.39, 0.29) is 11.4 Å². The van der Waals surface area contributed by atoms with Gasteiger partial charge in [-0.15, -0.1) is 0 Å². The number of pyridine rings is 1. The maximum absolute atomic E-state index is 12.1.